The summed E-state index contributed by atoms with van der Waals surface area (Å²) in [6.07, 6.45) is 1.43. The molecule has 0 bridgehead atoms. The average molecular weight is 360 g/mol. The number of benzene rings is 2. The van der Waals surface area contributed by atoms with Crippen molar-refractivity contribution in [2.45, 2.75) is 6.92 Å². The average Bonchev–Trinajstić information content (AvgIpc) is 2.62. The molecule has 2 aromatic rings. The lowest BCUT2D eigenvalue weighted by Gasteiger charge is -2.09. The number of non-ortho nitro benzene ring substituents is 1. The van der Waals surface area contributed by atoms with E-state index in [-0.39, 0.29) is 11.4 Å². The summed E-state index contributed by atoms with van der Waals surface area (Å²) in [4.78, 5) is 20.4. The molecule has 0 aliphatic heterocycles. The number of anilines is 1. The van der Waals surface area contributed by atoms with E-state index in [0.29, 0.717) is 23.7 Å². The number of hydrazone groups is 1. The molecule has 0 atom stereocenters. The van der Waals surface area contributed by atoms with Crippen molar-refractivity contribution in [3.05, 3.63) is 62.2 Å². The number of nitrogens with one attached hydrogen (secondary N) is 1. The summed E-state index contributed by atoms with van der Waals surface area (Å²) in [5.41, 5.74) is 2.41. The van der Waals surface area contributed by atoms with Crippen molar-refractivity contribution in [3.63, 3.8) is 0 Å². The SMILES string of the molecule is CCOc1ccc(/C=N\Nc2ccc([N+](=O)[O-])cc2[N+](=O)[O-])cc1OC. The lowest BCUT2D eigenvalue weighted by molar-refractivity contribution is -0.393. The largest absolute Gasteiger partial charge is 0.493 e. The molecule has 0 radical (unpaired) electrons. The van der Waals surface area contributed by atoms with Gasteiger partial charge in [-0.2, -0.15) is 5.10 Å². The Bertz CT molecular complexity index is 853. The van der Waals surface area contributed by atoms with E-state index in [1.807, 2.05) is 6.92 Å². The predicted octanol–water partition coefficient (Wildman–Crippen LogP) is 3.36. The van der Waals surface area contributed by atoms with Gasteiger partial charge in [-0.1, -0.05) is 0 Å². The number of nitrogens with zero attached hydrogens (tertiary/aromatic N) is 3. The van der Waals surface area contributed by atoms with E-state index in [2.05, 4.69) is 10.5 Å². The van der Waals surface area contributed by atoms with Crippen LogP contribution in [0.3, 0.4) is 0 Å². The zero-order valence-corrected chi connectivity index (χ0v) is 14.0. The molecule has 10 nitrogen and oxygen atoms in total. The zero-order valence-electron chi connectivity index (χ0n) is 14.0. The standard InChI is InChI=1S/C16H16N4O6/c1-3-26-15-7-4-11(8-16(15)25-2)10-17-18-13-6-5-12(19(21)22)9-14(13)20(23)24/h4-10,18H,3H2,1-2H3/b17-10-. The lowest BCUT2D eigenvalue weighted by atomic mass is 10.2. The second kappa shape index (κ2) is 8.42. The minimum absolute atomic E-state index is 0.0368. The van der Waals surface area contributed by atoms with Crippen molar-refractivity contribution in [3.8, 4) is 11.5 Å². The summed E-state index contributed by atoms with van der Waals surface area (Å²) in [7, 11) is 1.51. The maximum atomic E-state index is 11.1. The van der Waals surface area contributed by atoms with Crippen LogP contribution in [0.15, 0.2) is 41.5 Å². The first-order valence-corrected chi connectivity index (χ1v) is 7.49. The van der Waals surface area contributed by atoms with Crippen molar-refractivity contribution >= 4 is 23.3 Å². The fourth-order valence-electron chi connectivity index (χ4n) is 2.09. The van der Waals surface area contributed by atoms with Gasteiger partial charge >= 0.3 is 5.69 Å². The van der Waals surface area contributed by atoms with Gasteiger partial charge in [-0.25, -0.2) is 0 Å². The van der Waals surface area contributed by atoms with Gasteiger partial charge in [-0.05, 0) is 36.8 Å². The Labute approximate surface area is 148 Å². The Morgan fingerprint density at radius 2 is 1.88 bits per heavy atom. The van der Waals surface area contributed by atoms with Gasteiger partial charge in [0.1, 0.15) is 5.69 Å². The smallest absolute Gasteiger partial charge is 0.301 e. The van der Waals surface area contributed by atoms with Crippen molar-refractivity contribution in [2.75, 3.05) is 19.1 Å². The first kappa shape index (κ1) is 18.6. The first-order valence-electron chi connectivity index (χ1n) is 7.49. The summed E-state index contributed by atoms with van der Waals surface area (Å²) in [5.74, 6) is 1.11. The van der Waals surface area contributed by atoms with Gasteiger partial charge in [0.2, 0.25) is 0 Å². The van der Waals surface area contributed by atoms with Crippen LogP contribution in [-0.4, -0.2) is 29.8 Å². The van der Waals surface area contributed by atoms with Crippen LogP contribution in [0.1, 0.15) is 12.5 Å². The normalized spacial score (nSPS) is 10.5. The Morgan fingerprint density at radius 1 is 1.12 bits per heavy atom. The predicted molar refractivity (Wildman–Crippen MR) is 95.1 cm³/mol. The van der Waals surface area contributed by atoms with E-state index < -0.39 is 15.5 Å². The second-order valence-electron chi connectivity index (χ2n) is 4.93. The third kappa shape index (κ3) is 4.44. The van der Waals surface area contributed by atoms with Crippen LogP contribution in [0.4, 0.5) is 17.1 Å². The van der Waals surface area contributed by atoms with Gasteiger partial charge in [0, 0.05) is 6.07 Å². The van der Waals surface area contributed by atoms with E-state index in [0.717, 1.165) is 12.1 Å². The molecule has 10 heteroatoms. The second-order valence-corrected chi connectivity index (χ2v) is 4.93. The third-order valence-electron chi connectivity index (χ3n) is 3.27. The van der Waals surface area contributed by atoms with Crippen molar-refractivity contribution in [2.24, 2.45) is 5.10 Å². The number of methoxy groups -OCH3 is 1. The molecule has 0 aliphatic carbocycles. The van der Waals surface area contributed by atoms with Crippen molar-refractivity contribution in [1.29, 1.82) is 0 Å². The monoisotopic (exact) mass is 360 g/mol. The fraction of sp³-hybridized carbons (Fsp3) is 0.188. The van der Waals surface area contributed by atoms with E-state index in [1.54, 1.807) is 18.2 Å². The summed E-state index contributed by atoms with van der Waals surface area (Å²) >= 11 is 0. The number of nitro benzene ring substituents is 2. The lowest BCUT2D eigenvalue weighted by Crippen LogP contribution is -1.99. The summed E-state index contributed by atoms with van der Waals surface area (Å²) < 4.78 is 10.6. The Kier molecular flexibility index (Phi) is 6.04. The highest BCUT2D eigenvalue weighted by Gasteiger charge is 2.19. The molecule has 1 N–H and O–H groups in total. The quantitative estimate of drug-likeness (QED) is 0.434. The van der Waals surface area contributed by atoms with Crippen molar-refractivity contribution < 1.29 is 19.3 Å². The topological polar surface area (TPSA) is 129 Å². The first-order chi connectivity index (χ1) is 12.5. The molecule has 0 saturated heterocycles. The fourth-order valence-corrected chi connectivity index (χ4v) is 2.09. The summed E-state index contributed by atoms with van der Waals surface area (Å²) in [5, 5.41) is 25.7. The number of hydrogen-bond donors (Lipinski definition) is 1. The minimum Gasteiger partial charge on any atom is -0.493 e. The van der Waals surface area contributed by atoms with Gasteiger partial charge < -0.3 is 9.47 Å². The highest BCUT2D eigenvalue weighted by Crippen LogP contribution is 2.29. The van der Waals surface area contributed by atoms with E-state index >= 15 is 0 Å². The van der Waals surface area contributed by atoms with Crippen LogP contribution < -0.4 is 14.9 Å². The molecule has 0 fully saturated rings. The molecule has 0 spiro atoms. The van der Waals surface area contributed by atoms with Crippen LogP contribution in [0.2, 0.25) is 0 Å². The van der Waals surface area contributed by atoms with Gasteiger partial charge in [0.05, 0.1) is 35.8 Å². The molecule has 0 saturated carbocycles. The summed E-state index contributed by atoms with van der Waals surface area (Å²) in [6.45, 7) is 2.35. The summed E-state index contributed by atoms with van der Waals surface area (Å²) in [6, 6.07) is 8.41. The van der Waals surface area contributed by atoms with E-state index in [1.165, 1.54) is 19.4 Å². The molecular weight excluding hydrogens is 344 g/mol. The molecule has 2 rings (SSSR count). The highest BCUT2D eigenvalue weighted by atomic mass is 16.6. The molecule has 0 unspecified atom stereocenters. The number of nitro groups is 2. The maximum Gasteiger partial charge on any atom is 0.301 e. The van der Waals surface area contributed by atoms with Crippen molar-refractivity contribution in [1.82, 2.24) is 0 Å². The van der Waals surface area contributed by atoms with Crippen LogP contribution in [0, 0.1) is 20.2 Å². The Balaban J connectivity index is 2.20. The van der Waals surface area contributed by atoms with Crippen LogP contribution in [0.25, 0.3) is 0 Å². The van der Waals surface area contributed by atoms with Gasteiger partial charge in [0.15, 0.2) is 11.5 Å². The molecule has 136 valence electrons. The van der Waals surface area contributed by atoms with E-state index in [4.69, 9.17) is 9.47 Å². The van der Waals surface area contributed by atoms with Crippen LogP contribution >= 0.6 is 0 Å². The highest BCUT2D eigenvalue weighted by molar-refractivity contribution is 5.82. The third-order valence-corrected chi connectivity index (χ3v) is 3.27. The van der Waals surface area contributed by atoms with Crippen LogP contribution in [0.5, 0.6) is 11.5 Å². The van der Waals surface area contributed by atoms with Gasteiger partial charge in [-0.3, -0.25) is 25.7 Å². The molecule has 0 aromatic heterocycles. The van der Waals surface area contributed by atoms with E-state index in [9.17, 15) is 20.2 Å². The zero-order chi connectivity index (χ0) is 19.1. The molecule has 0 amide bonds. The molecule has 0 heterocycles. The molecule has 0 aliphatic rings. The Hall–Kier alpha value is -3.69. The molecule has 2 aromatic carbocycles. The minimum atomic E-state index is -0.717. The maximum absolute atomic E-state index is 11.1. The number of rotatable bonds is 8. The Morgan fingerprint density at radius 3 is 2.50 bits per heavy atom. The van der Waals surface area contributed by atoms with Gasteiger partial charge in [0.25, 0.3) is 5.69 Å². The number of hydrogen-bond acceptors (Lipinski definition) is 8. The number of ether oxygens (including phenoxy) is 2. The van der Waals surface area contributed by atoms with Gasteiger partial charge in [-0.15, -0.1) is 0 Å². The molecular formula is C16H16N4O6. The van der Waals surface area contributed by atoms with Crippen LogP contribution in [-0.2, 0) is 0 Å². The molecule has 26 heavy (non-hydrogen) atoms.